The van der Waals surface area contributed by atoms with Crippen LogP contribution in [-0.4, -0.2) is 60.3 Å². The summed E-state index contributed by atoms with van der Waals surface area (Å²) in [4.78, 5) is 14.4. The van der Waals surface area contributed by atoms with Crippen LogP contribution in [0.3, 0.4) is 0 Å². The molecule has 0 radical (unpaired) electrons. The molecule has 4 rings (SSSR count). The highest BCUT2D eigenvalue weighted by Crippen LogP contribution is 2.32. The van der Waals surface area contributed by atoms with Crippen molar-refractivity contribution in [2.75, 3.05) is 38.0 Å². The highest BCUT2D eigenvalue weighted by Gasteiger charge is 2.50. The molecule has 6 nitrogen and oxygen atoms in total. The van der Waals surface area contributed by atoms with Gasteiger partial charge in [0.15, 0.2) is 11.6 Å². The average molecular weight is 434 g/mol. The Morgan fingerprint density at radius 3 is 2.61 bits per heavy atom. The number of benzene rings is 2. The van der Waals surface area contributed by atoms with Crippen LogP contribution in [0.5, 0.6) is 0 Å². The third kappa shape index (κ3) is 4.13. The molecule has 9 heteroatoms. The number of nitrogens with zero attached hydrogens (tertiary/aromatic N) is 1. The van der Waals surface area contributed by atoms with E-state index >= 15 is 0 Å². The van der Waals surface area contributed by atoms with Crippen molar-refractivity contribution in [2.24, 2.45) is 0 Å². The molecule has 2 heterocycles. The van der Waals surface area contributed by atoms with Crippen molar-refractivity contribution in [1.82, 2.24) is 15.5 Å². The number of carbonyl (C=O) groups is 1. The molecule has 0 aromatic heterocycles. The molecule has 0 aliphatic carbocycles. The van der Waals surface area contributed by atoms with Gasteiger partial charge in [-0.1, -0.05) is 13.0 Å². The fourth-order valence-corrected chi connectivity index (χ4v) is 4.05. The van der Waals surface area contributed by atoms with Crippen molar-refractivity contribution in [3.63, 3.8) is 0 Å². The summed E-state index contributed by atoms with van der Waals surface area (Å²) in [5, 5.41) is 19.7. The number of β-amino-alcohol motifs (C(OH)–C–C–N with tert-alkyl or cyclic N) is 1. The highest BCUT2D eigenvalue weighted by atomic mass is 19.2. The second-order valence-corrected chi connectivity index (χ2v) is 8.05. The lowest BCUT2D eigenvalue weighted by atomic mass is 9.84. The minimum Gasteiger partial charge on any atom is -0.384 e. The number of carbonyl (C=O) groups excluding carboxylic acids is 1. The topological polar surface area (TPSA) is 76.6 Å². The molecule has 1 atom stereocenters. The van der Waals surface area contributed by atoms with E-state index in [1.807, 2.05) is 6.92 Å². The van der Waals surface area contributed by atoms with Crippen molar-refractivity contribution in [3.8, 4) is 0 Å². The Morgan fingerprint density at radius 1 is 1.19 bits per heavy atom. The van der Waals surface area contributed by atoms with Crippen LogP contribution in [0.25, 0.3) is 0 Å². The molecular weight excluding hydrogens is 409 g/mol. The minimum absolute atomic E-state index is 0.0587. The molecule has 0 spiro atoms. The average Bonchev–Trinajstić information content (AvgIpc) is 2.76. The van der Waals surface area contributed by atoms with Crippen LogP contribution in [0.4, 0.5) is 24.5 Å². The van der Waals surface area contributed by atoms with E-state index in [0.717, 1.165) is 18.2 Å². The number of aryl methyl sites for hydroxylation is 1. The maximum atomic E-state index is 14.6. The van der Waals surface area contributed by atoms with Crippen LogP contribution in [0.15, 0.2) is 30.3 Å². The van der Waals surface area contributed by atoms with E-state index in [1.165, 1.54) is 23.1 Å². The van der Waals surface area contributed by atoms with Crippen LogP contribution >= 0.6 is 0 Å². The number of halogens is 3. The normalized spacial score (nSPS) is 20.3. The number of hydrogen-bond acceptors (Lipinski definition) is 5. The SMILES string of the molecule is CCc1ccc(Nc2c(C(=O)N3CC(O)(C4CNCCN4)C3)ccc(F)c2F)c(F)c1. The Labute approximate surface area is 178 Å². The first kappa shape index (κ1) is 21.6. The van der Waals surface area contributed by atoms with Gasteiger partial charge in [0.25, 0.3) is 5.91 Å². The molecule has 1 amide bonds. The smallest absolute Gasteiger partial charge is 0.256 e. The van der Waals surface area contributed by atoms with Gasteiger partial charge in [-0.15, -0.1) is 0 Å². The first-order valence-corrected chi connectivity index (χ1v) is 10.3. The van der Waals surface area contributed by atoms with E-state index in [9.17, 15) is 23.1 Å². The predicted octanol–water partition coefficient (Wildman–Crippen LogP) is 2.16. The van der Waals surface area contributed by atoms with Gasteiger partial charge < -0.3 is 26.0 Å². The summed E-state index contributed by atoms with van der Waals surface area (Å²) in [5.74, 6) is -3.61. The van der Waals surface area contributed by atoms with E-state index in [2.05, 4.69) is 16.0 Å². The predicted molar refractivity (Wildman–Crippen MR) is 111 cm³/mol. The van der Waals surface area contributed by atoms with Crippen LogP contribution in [0, 0.1) is 17.5 Å². The zero-order chi connectivity index (χ0) is 22.2. The molecule has 2 aliphatic rings. The van der Waals surface area contributed by atoms with Gasteiger partial charge in [-0.2, -0.15) is 0 Å². The lowest BCUT2D eigenvalue weighted by Gasteiger charge is -2.51. The summed E-state index contributed by atoms with van der Waals surface area (Å²) >= 11 is 0. The lowest BCUT2D eigenvalue weighted by Crippen LogP contribution is -2.74. The minimum atomic E-state index is -1.27. The third-order valence-corrected chi connectivity index (χ3v) is 5.93. The molecule has 1 unspecified atom stereocenters. The van der Waals surface area contributed by atoms with Crippen molar-refractivity contribution in [3.05, 3.63) is 58.9 Å². The summed E-state index contributed by atoms with van der Waals surface area (Å²) in [5.41, 5.74) is -0.967. The van der Waals surface area contributed by atoms with Crippen LogP contribution < -0.4 is 16.0 Å². The lowest BCUT2D eigenvalue weighted by molar-refractivity contribution is -0.106. The Morgan fingerprint density at radius 2 is 1.97 bits per heavy atom. The Hall–Kier alpha value is -2.62. The number of amides is 1. The molecule has 31 heavy (non-hydrogen) atoms. The van der Waals surface area contributed by atoms with Gasteiger partial charge in [-0.25, -0.2) is 13.2 Å². The molecule has 2 aromatic carbocycles. The number of hydrogen-bond donors (Lipinski definition) is 4. The molecule has 166 valence electrons. The number of nitrogens with one attached hydrogen (secondary N) is 3. The Bertz CT molecular complexity index is 989. The summed E-state index contributed by atoms with van der Waals surface area (Å²) in [7, 11) is 0. The quantitative estimate of drug-likeness (QED) is 0.580. The first-order chi connectivity index (χ1) is 14.8. The summed E-state index contributed by atoms with van der Waals surface area (Å²) in [6.45, 7) is 4.07. The highest BCUT2D eigenvalue weighted by molar-refractivity contribution is 6.01. The van der Waals surface area contributed by atoms with Gasteiger partial charge in [0.1, 0.15) is 11.4 Å². The van der Waals surface area contributed by atoms with Crippen molar-refractivity contribution < 1.29 is 23.1 Å². The summed E-state index contributed by atoms with van der Waals surface area (Å²) in [6, 6.07) is 6.23. The zero-order valence-electron chi connectivity index (χ0n) is 17.1. The van der Waals surface area contributed by atoms with Gasteiger partial charge in [0, 0.05) is 19.6 Å². The molecule has 2 fully saturated rings. The Kier molecular flexibility index (Phi) is 5.92. The number of rotatable bonds is 5. The second-order valence-electron chi connectivity index (χ2n) is 8.05. The number of piperazine rings is 1. The zero-order valence-corrected chi connectivity index (χ0v) is 17.1. The maximum absolute atomic E-state index is 14.6. The van der Waals surface area contributed by atoms with Crippen molar-refractivity contribution in [2.45, 2.75) is 25.0 Å². The first-order valence-electron chi connectivity index (χ1n) is 10.3. The summed E-state index contributed by atoms with van der Waals surface area (Å²) in [6.07, 6.45) is 0.624. The molecule has 2 aliphatic heterocycles. The van der Waals surface area contributed by atoms with E-state index in [1.54, 1.807) is 6.07 Å². The van der Waals surface area contributed by atoms with Crippen LogP contribution in [-0.2, 0) is 6.42 Å². The third-order valence-electron chi connectivity index (χ3n) is 5.93. The molecule has 4 N–H and O–H groups in total. The fraction of sp³-hybridized carbons (Fsp3) is 0.409. The van der Waals surface area contributed by atoms with Gasteiger partial charge in [-0.3, -0.25) is 4.79 Å². The van der Waals surface area contributed by atoms with Gasteiger partial charge >= 0.3 is 0 Å². The number of anilines is 2. The monoisotopic (exact) mass is 434 g/mol. The second kappa shape index (κ2) is 8.49. The molecule has 2 saturated heterocycles. The van der Waals surface area contributed by atoms with Crippen molar-refractivity contribution in [1.29, 1.82) is 0 Å². The van der Waals surface area contributed by atoms with Crippen molar-refractivity contribution >= 4 is 17.3 Å². The number of aliphatic hydroxyl groups is 1. The van der Waals surface area contributed by atoms with E-state index in [4.69, 9.17) is 0 Å². The standard InChI is InChI=1S/C22H25F3N4O2/c1-2-13-3-6-17(16(24)9-13)28-20-14(4-5-15(23)19(20)25)21(30)29-11-22(31,12-29)18-10-26-7-8-27-18/h3-6,9,18,26-28,31H,2,7-8,10-12H2,1H3. The number of likely N-dealkylation sites (tertiary alicyclic amines) is 1. The summed E-state index contributed by atoms with van der Waals surface area (Å²) < 4.78 is 42.9. The van der Waals surface area contributed by atoms with E-state index in [-0.39, 0.29) is 30.4 Å². The Balaban J connectivity index is 1.56. The molecule has 2 aromatic rings. The van der Waals surface area contributed by atoms with Crippen LogP contribution in [0.2, 0.25) is 0 Å². The van der Waals surface area contributed by atoms with Gasteiger partial charge in [0.2, 0.25) is 0 Å². The van der Waals surface area contributed by atoms with Gasteiger partial charge in [-0.05, 0) is 36.2 Å². The fourth-order valence-electron chi connectivity index (χ4n) is 4.05. The van der Waals surface area contributed by atoms with Gasteiger partial charge in [0.05, 0.1) is 36.1 Å². The van der Waals surface area contributed by atoms with E-state index in [0.29, 0.717) is 19.5 Å². The van der Waals surface area contributed by atoms with E-state index < -0.39 is 34.6 Å². The largest absolute Gasteiger partial charge is 0.384 e. The molecular formula is C22H25F3N4O2. The molecule has 0 bridgehead atoms. The molecule has 0 saturated carbocycles. The van der Waals surface area contributed by atoms with Crippen LogP contribution in [0.1, 0.15) is 22.8 Å². The maximum Gasteiger partial charge on any atom is 0.256 e.